The minimum Gasteiger partial charge on any atom is -0.497 e. The number of anilines is 2. The molecule has 1 saturated heterocycles. The van der Waals surface area contributed by atoms with Crippen molar-refractivity contribution >= 4 is 22.3 Å². The first kappa shape index (κ1) is 29.4. The molecule has 40 heavy (non-hydrogen) atoms. The molecule has 1 aliphatic rings. The number of pyridine rings is 1. The smallest absolute Gasteiger partial charge is 0.124 e. The molecule has 5 rings (SSSR count). The van der Waals surface area contributed by atoms with Gasteiger partial charge in [0, 0.05) is 97.9 Å². The van der Waals surface area contributed by atoms with Gasteiger partial charge in [-0.25, -0.2) is 0 Å². The summed E-state index contributed by atoms with van der Waals surface area (Å²) in [6.07, 6.45) is 11.1. The number of fused-ring (bicyclic) bond motifs is 1. The lowest BCUT2D eigenvalue weighted by Crippen LogP contribution is -2.32. The fourth-order valence-corrected chi connectivity index (χ4v) is 4.70. The van der Waals surface area contributed by atoms with Crippen molar-refractivity contribution in [3.05, 3.63) is 61.1 Å². The molecule has 3 heterocycles. The lowest BCUT2D eigenvalue weighted by molar-refractivity contribution is 0.144. The third-order valence-corrected chi connectivity index (χ3v) is 6.88. The Balaban J connectivity index is 0.000000461. The van der Waals surface area contributed by atoms with E-state index in [0.29, 0.717) is 6.04 Å². The van der Waals surface area contributed by atoms with Gasteiger partial charge >= 0.3 is 0 Å². The van der Waals surface area contributed by atoms with Crippen LogP contribution in [0.15, 0.2) is 61.1 Å². The molecule has 8 nitrogen and oxygen atoms in total. The van der Waals surface area contributed by atoms with Crippen LogP contribution in [0.4, 0.5) is 11.4 Å². The fourth-order valence-electron chi connectivity index (χ4n) is 4.70. The highest BCUT2D eigenvalue weighted by Gasteiger charge is 2.14. The summed E-state index contributed by atoms with van der Waals surface area (Å²) in [5.74, 6) is 1.51. The maximum Gasteiger partial charge on any atom is 0.124 e. The van der Waals surface area contributed by atoms with Crippen molar-refractivity contribution in [2.24, 2.45) is 7.05 Å². The van der Waals surface area contributed by atoms with Crippen LogP contribution < -0.4 is 19.7 Å². The van der Waals surface area contributed by atoms with E-state index in [1.807, 2.05) is 43.8 Å². The zero-order valence-electron chi connectivity index (χ0n) is 24.5. The molecule has 2 aromatic carbocycles. The first-order valence-electron chi connectivity index (χ1n) is 14.2. The van der Waals surface area contributed by atoms with Crippen LogP contribution in [-0.4, -0.2) is 61.3 Å². The van der Waals surface area contributed by atoms with Gasteiger partial charge in [-0.05, 0) is 37.1 Å². The van der Waals surface area contributed by atoms with E-state index < -0.39 is 0 Å². The monoisotopic (exact) mass is 545 g/mol. The third-order valence-electron chi connectivity index (χ3n) is 6.88. The first-order chi connectivity index (χ1) is 19.5. The van der Waals surface area contributed by atoms with E-state index in [9.17, 15) is 0 Å². The van der Waals surface area contributed by atoms with Crippen molar-refractivity contribution in [2.75, 3.05) is 45.4 Å². The molecule has 1 N–H and O–H groups in total. The quantitative estimate of drug-likeness (QED) is 0.262. The van der Waals surface area contributed by atoms with Crippen molar-refractivity contribution in [3.8, 4) is 22.6 Å². The molecule has 4 aromatic rings. The number of aryl methyl sites for hydroxylation is 1. The van der Waals surface area contributed by atoms with Gasteiger partial charge in [0.05, 0.1) is 25.9 Å². The molecule has 0 bridgehead atoms. The number of benzene rings is 2. The zero-order valence-corrected chi connectivity index (χ0v) is 24.5. The van der Waals surface area contributed by atoms with Crippen LogP contribution in [0.1, 0.15) is 39.5 Å². The molecule has 1 fully saturated rings. The molecule has 0 aliphatic carbocycles. The number of hydrogen-bond acceptors (Lipinski definition) is 7. The second kappa shape index (κ2) is 14.7. The molecule has 0 atom stereocenters. The average Bonchev–Trinajstić information content (AvgIpc) is 3.19. The molecular formula is C32H43N5O3. The van der Waals surface area contributed by atoms with E-state index >= 15 is 0 Å². The van der Waals surface area contributed by atoms with Gasteiger partial charge in [0.15, 0.2) is 0 Å². The van der Waals surface area contributed by atoms with Gasteiger partial charge in [-0.3, -0.25) is 9.67 Å². The summed E-state index contributed by atoms with van der Waals surface area (Å²) in [5.41, 5.74) is 5.13. The van der Waals surface area contributed by atoms with Crippen LogP contribution >= 0.6 is 0 Å². The molecule has 0 radical (unpaired) electrons. The summed E-state index contributed by atoms with van der Waals surface area (Å²) in [5, 5.41) is 8.88. The normalized spacial score (nSPS) is 13.4. The maximum absolute atomic E-state index is 5.52. The summed E-state index contributed by atoms with van der Waals surface area (Å²) in [4.78, 5) is 6.95. The summed E-state index contributed by atoms with van der Waals surface area (Å²) < 4.78 is 18.0. The second-order valence-corrected chi connectivity index (χ2v) is 10.4. The Labute approximate surface area is 238 Å². The molecule has 214 valence electrons. The fraction of sp³-hybridized carbons (Fsp3) is 0.438. The van der Waals surface area contributed by atoms with E-state index in [2.05, 4.69) is 58.4 Å². The molecule has 8 heteroatoms. The van der Waals surface area contributed by atoms with Crippen LogP contribution in [0.25, 0.3) is 22.0 Å². The Kier molecular flexibility index (Phi) is 10.8. The number of aromatic nitrogens is 3. The highest BCUT2D eigenvalue weighted by Crippen LogP contribution is 2.34. The van der Waals surface area contributed by atoms with E-state index in [1.54, 1.807) is 18.9 Å². The Hall–Kier alpha value is -3.62. The van der Waals surface area contributed by atoms with Crippen molar-refractivity contribution in [1.29, 1.82) is 0 Å². The van der Waals surface area contributed by atoms with Crippen LogP contribution in [-0.2, 0) is 11.8 Å². The summed E-state index contributed by atoms with van der Waals surface area (Å²) >= 11 is 0. The van der Waals surface area contributed by atoms with Gasteiger partial charge in [0.25, 0.3) is 0 Å². The molecule has 0 unspecified atom stereocenters. The second-order valence-electron chi connectivity index (χ2n) is 10.4. The van der Waals surface area contributed by atoms with Crippen LogP contribution in [0.5, 0.6) is 11.5 Å². The Morgan fingerprint density at radius 1 is 0.900 bits per heavy atom. The highest BCUT2D eigenvalue weighted by molar-refractivity contribution is 5.87. The number of ether oxygens (including phenoxy) is 3. The van der Waals surface area contributed by atoms with E-state index in [4.69, 9.17) is 14.2 Å². The van der Waals surface area contributed by atoms with E-state index in [1.165, 1.54) is 25.7 Å². The summed E-state index contributed by atoms with van der Waals surface area (Å²) in [6.45, 7) is 7.93. The summed E-state index contributed by atoms with van der Waals surface area (Å²) in [7, 11) is 5.26. The van der Waals surface area contributed by atoms with Crippen LogP contribution in [0.3, 0.4) is 0 Å². The largest absolute Gasteiger partial charge is 0.497 e. The minimum atomic E-state index is 0.412. The number of nitrogens with zero attached hydrogens (tertiary/aromatic N) is 4. The van der Waals surface area contributed by atoms with Gasteiger partial charge in [-0.2, -0.15) is 5.10 Å². The van der Waals surface area contributed by atoms with Crippen molar-refractivity contribution in [1.82, 2.24) is 20.1 Å². The Morgan fingerprint density at radius 3 is 2.25 bits per heavy atom. The Bertz CT molecular complexity index is 1310. The van der Waals surface area contributed by atoms with Gasteiger partial charge < -0.3 is 24.4 Å². The summed E-state index contributed by atoms with van der Waals surface area (Å²) in [6, 6.07) is 14.9. The van der Waals surface area contributed by atoms with Gasteiger partial charge in [-0.1, -0.05) is 26.7 Å². The van der Waals surface area contributed by atoms with Gasteiger partial charge in [0.2, 0.25) is 0 Å². The molecule has 0 spiro atoms. The van der Waals surface area contributed by atoms with Crippen molar-refractivity contribution in [2.45, 2.75) is 45.6 Å². The van der Waals surface area contributed by atoms with Crippen LogP contribution in [0, 0.1) is 0 Å². The molecule has 1 aliphatic heterocycles. The predicted molar refractivity (Wildman–Crippen MR) is 163 cm³/mol. The van der Waals surface area contributed by atoms with Crippen molar-refractivity contribution in [3.63, 3.8) is 0 Å². The average molecular weight is 546 g/mol. The lowest BCUT2D eigenvalue weighted by atomic mass is 10.1. The predicted octanol–water partition coefficient (Wildman–Crippen LogP) is 6.37. The number of rotatable bonds is 9. The first-order valence-corrected chi connectivity index (χ1v) is 14.2. The van der Waals surface area contributed by atoms with E-state index in [0.717, 1.165) is 71.2 Å². The number of nitrogens with one attached hydrogen (secondary N) is 1. The Morgan fingerprint density at radius 2 is 1.62 bits per heavy atom. The van der Waals surface area contributed by atoms with E-state index in [-0.39, 0.29) is 0 Å². The standard InChI is InChI=1S/C26H31N5O2.C6H12O/c1-18(2)27-8-9-31(23-12-24(32-4)14-25(13-23)33-5)22-6-7-26-19(11-22)10-20(15-28-26)21-16-29-30(3)17-21;1-2-4-6-7-5-3-1/h6-7,10-18,27H,8-9H2,1-5H3;1-6H2. The molecule has 0 amide bonds. The van der Waals surface area contributed by atoms with Crippen LogP contribution in [0.2, 0.25) is 0 Å². The third kappa shape index (κ3) is 8.19. The lowest BCUT2D eigenvalue weighted by Gasteiger charge is -2.27. The topological polar surface area (TPSA) is 73.7 Å². The molecule has 2 aromatic heterocycles. The van der Waals surface area contributed by atoms with Gasteiger partial charge in [-0.15, -0.1) is 0 Å². The zero-order chi connectivity index (χ0) is 28.3. The maximum atomic E-state index is 5.52. The number of methoxy groups -OCH3 is 2. The van der Waals surface area contributed by atoms with Crippen molar-refractivity contribution < 1.29 is 14.2 Å². The molecular weight excluding hydrogens is 502 g/mol. The SMILES string of the molecule is C1CCCOCC1.COc1cc(OC)cc(N(CCNC(C)C)c2ccc3ncc(-c4cnn(C)c4)cc3c2)c1. The molecule has 0 saturated carbocycles. The van der Waals surface area contributed by atoms with Gasteiger partial charge in [0.1, 0.15) is 11.5 Å². The minimum absolute atomic E-state index is 0.412. The number of hydrogen-bond donors (Lipinski definition) is 1. The highest BCUT2D eigenvalue weighted by atomic mass is 16.5.